The fraction of sp³-hybridized carbons (Fsp3) is 0.211. The predicted molar refractivity (Wildman–Crippen MR) is 80.2 cm³/mol. The number of ketones is 1. The van der Waals surface area contributed by atoms with E-state index in [1.165, 1.54) is 5.56 Å². The zero-order chi connectivity index (χ0) is 14.0. The molecule has 0 aliphatic heterocycles. The minimum absolute atomic E-state index is 0.176. The van der Waals surface area contributed by atoms with Gasteiger partial charge in [-0.25, -0.2) is 0 Å². The van der Waals surface area contributed by atoms with Crippen LogP contribution in [0.15, 0.2) is 60.7 Å². The van der Waals surface area contributed by atoms with Crippen LogP contribution >= 0.6 is 0 Å². The normalized spacial score (nSPS) is 23.6. The molecule has 0 heterocycles. The van der Waals surface area contributed by atoms with Gasteiger partial charge in [0.15, 0.2) is 0 Å². The number of hydrogen-bond donors (Lipinski definition) is 0. The molecule has 0 saturated heterocycles. The van der Waals surface area contributed by atoms with E-state index in [0.717, 1.165) is 12.0 Å². The van der Waals surface area contributed by atoms with Crippen molar-refractivity contribution >= 4 is 5.78 Å². The van der Waals surface area contributed by atoms with E-state index in [-0.39, 0.29) is 11.7 Å². The summed E-state index contributed by atoms with van der Waals surface area (Å²) in [4.78, 5) is 12.0. The Morgan fingerprint density at radius 3 is 2.25 bits per heavy atom. The fourth-order valence-corrected chi connectivity index (χ4v) is 2.67. The molecule has 1 fully saturated rings. The summed E-state index contributed by atoms with van der Waals surface area (Å²) in [5.74, 6) is 6.82. The van der Waals surface area contributed by atoms with Crippen molar-refractivity contribution in [1.29, 1.82) is 0 Å². The van der Waals surface area contributed by atoms with Crippen LogP contribution in [-0.2, 0) is 4.79 Å². The molecule has 2 atom stereocenters. The standard InChI is InChI=1S/C19H16O/c1-15(20)19(13-12-16-8-4-2-5-9-16)14-18(19)17-10-6-3-7-11-17/h2-11,18H,14H2,1H3/t18-,19-/m1/s1. The van der Waals surface area contributed by atoms with Gasteiger partial charge < -0.3 is 0 Å². The smallest absolute Gasteiger partial charge is 0.148 e. The summed E-state index contributed by atoms with van der Waals surface area (Å²) >= 11 is 0. The molecule has 20 heavy (non-hydrogen) atoms. The van der Waals surface area contributed by atoms with Crippen LogP contribution in [0, 0.1) is 17.3 Å². The first-order chi connectivity index (χ1) is 9.72. The SMILES string of the molecule is CC(=O)[C@@]1(C#Cc2ccccc2)C[C@@H]1c1ccccc1. The lowest BCUT2D eigenvalue weighted by atomic mass is 9.95. The second kappa shape index (κ2) is 4.98. The van der Waals surface area contributed by atoms with Gasteiger partial charge in [0.05, 0.1) is 5.41 Å². The summed E-state index contributed by atoms with van der Waals surface area (Å²) < 4.78 is 0. The maximum Gasteiger partial charge on any atom is 0.148 e. The second-order valence-corrected chi connectivity index (χ2v) is 5.31. The van der Waals surface area contributed by atoms with Crippen molar-refractivity contribution in [2.45, 2.75) is 19.3 Å². The summed E-state index contributed by atoms with van der Waals surface area (Å²) in [5.41, 5.74) is 1.70. The van der Waals surface area contributed by atoms with Crippen molar-refractivity contribution in [3.05, 3.63) is 71.8 Å². The van der Waals surface area contributed by atoms with Crippen LogP contribution in [0.5, 0.6) is 0 Å². The molecule has 98 valence electrons. The quantitative estimate of drug-likeness (QED) is 0.751. The second-order valence-electron chi connectivity index (χ2n) is 5.31. The molecule has 0 N–H and O–H groups in total. The average Bonchev–Trinajstić information content (AvgIpc) is 3.23. The van der Waals surface area contributed by atoms with Gasteiger partial charge in [0.1, 0.15) is 5.78 Å². The van der Waals surface area contributed by atoms with E-state index < -0.39 is 5.41 Å². The van der Waals surface area contributed by atoms with E-state index in [2.05, 4.69) is 24.0 Å². The van der Waals surface area contributed by atoms with E-state index in [0.29, 0.717) is 0 Å². The average molecular weight is 260 g/mol. The summed E-state index contributed by atoms with van der Waals surface area (Å²) in [5, 5.41) is 0. The minimum Gasteiger partial charge on any atom is -0.298 e. The number of benzene rings is 2. The Morgan fingerprint density at radius 1 is 1.05 bits per heavy atom. The molecule has 1 saturated carbocycles. The maximum absolute atomic E-state index is 12.0. The molecule has 2 aromatic carbocycles. The van der Waals surface area contributed by atoms with E-state index in [1.54, 1.807) is 6.92 Å². The van der Waals surface area contributed by atoms with E-state index >= 15 is 0 Å². The van der Waals surface area contributed by atoms with E-state index in [1.807, 2.05) is 48.5 Å². The number of carbonyl (C=O) groups excluding carboxylic acids is 1. The molecular formula is C19H16O. The van der Waals surface area contributed by atoms with Gasteiger partial charge in [-0.3, -0.25) is 4.79 Å². The van der Waals surface area contributed by atoms with Crippen LogP contribution in [0.25, 0.3) is 0 Å². The fourth-order valence-electron chi connectivity index (χ4n) is 2.67. The molecule has 0 amide bonds. The molecule has 0 spiro atoms. The third-order valence-corrected chi connectivity index (χ3v) is 3.99. The van der Waals surface area contributed by atoms with Crippen LogP contribution in [-0.4, -0.2) is 5.78 Å². The topological polar surface area (TPSA) is 17.1 Å². The molecule has 0 radical (unpaired) electrons. The van der Waals surface area contributed by atoms with Crippen LogP contribution in [0.4, 0.5) is 0 Å². The first-order valence-electron chi connectivity index (χ1n) is 6.86. The highest BCUT2D eigenvalue weighted by molar-refractivity contribution is 5.91. The van der Waals surface area contributed by atoms with Crippen molar-refractivity contribution in [1.82, 2.24) is 0 Å². The molecular weight excluding hydrogens is 244 g/mol. The highest BCUT2D eigenvalue weighted by Crippen LogP contribution is 2.59. The number of rotatable bonds is 2. The van der Waals surface area contributed by atoms with Crippen LogP contribution in [0.3, 0.4) is 0 Å². The molecule has 1 heteroatoms. The lowest BCUT2D eigenvalue weighted by molar-refractivity contribution is -0.120. The van der Waals surface area contributed by atoms with Gasteiger partial charge in [-0.05, 0) is 31.0 Å². The summed E-state index contributed by atoms with van der Waals surface area (Å²) in [6.07, 6.45) is 0.839. The van der Waals surface area contributed by atoms with E-state index in [4.69, 9.17) is 0 Å². The Morgan fingerprint density at radius 2 is 1.65 bits per heavy atom. The molecule has 0 unspecified atom stereocenters. The van der Waals surface area contributed by atoms with Gasteiger partial charge in [0.25, 0.3) is 0 Å². The Kier molecular flexibility index (Phi) is 3.16. The Balaban J connectivity index is 1.90. The van der Waals surface area contributed by atoms with Gasteiger partial charge >= 0.3 is 0 Å². The summed E-state index contributed by atoms with van der Waals surface area (Å²) in [6, 6.07) is 20.0. The molecule has 0 aromatic heterocycles. The van der Waals surface area contributed by atoms with Gasteiger partial charge in [-0.2, -0.15) is 0 Å². The first kappa shape index (κ1) is 12.7. The van der Waals surface area contributed by atoms with Gasteiger partial charge in [0, 0.05) is 11.5 Å². The molecule has 1 nitrogen and oxygen atoms in total. The number of hydrogen-bond acceptors (Lipinski definition) is 1. The largest absolute Gasteiger partial charge is 0.298 e. The van der Waals surface area contributed by atoms with Gasteiger partial charge in [-0.15, -0.1) is 0 Å². The van der Waals surface area contributed by atoms with Crippen LogP contribution in [0.1, 0.15) is 30.4 Å². The maximum atomic E-state index is 12.0. The summed E-state index contributed by atoms with van der Waals surface area (Å²) in [7, 11) is 0. The van der Waals surface area contributed by atoms with Crippen molar-refractivity contribution in [2.24, 2.45) is 5.41 Å². The predicted octanol–water partition coefficient (Wildman–Crippen LogP) is 3.80. The lowest BCUT2D eigenvalue weighted by Gasteiger charge is -2.06. The Bertz CT molecular complexity index is 676. The van der Waals surface area contributed by atoms with E-state index in [9.17, 15) is 4.79 Å². The number of Topliss-reactive ketones (excluding diaryl/α,β-unsaturated/α-hetero) is 1. The minimum atomic E-state index is -0.475. The third kappa shape index (κ3) is 2.26. The molecule has 1 aliphatic rings. The third-order valence-electron chi connectivity index (χ3n) is 3.99. The molecule has 0 bridgehead atoms. The molecule has 2 aromatic rings. The van der Waals surface area contributed by atoms with Gasteiger partial charge in [0.2, 0.25) is 0 Å². The molecule has 1 aliphatic carbocycles. The monoisotopic (exact) mass is 260 g/mol. The van der Waals surface area contributed by atoms with Gasteiger partial charge in [-0.1, -0.05) is 60.4 Å². The zero-order valence-corrected chi connectivity index (χ0v) is 11.5. The molecule has 3 rings (SSSR count). The highest BCUT2D eigenvalue weighted by Gasteiger charge is 2.57. The van der Waals surface area contributed by atoms with Crippen molar-refractivity contribution in [2.75, 3.05) is 0 Å². The lowest BCUT2D eigenvalue weighted by Crippen LogP contribution is -2.12. The summed E-state index contributed by atoms with van der Waals surface area (Å²) in [6.45, 7) is 1.66. The van der Waals surface area contributed by atoms with Crippen LogP contribution < -0.4 is 0 Å². The highest BCUT2D eigenvalue weighted by atomic mass is 16.1. The van der Waals surface area contributed by atoms with Crippen molar-refractivity contribution < 1.29 is 4.79 Å². The Labute approximate surface area is 119 Å². The number of carbonyl (C=O) groups is 1. The Hall–Kier alpha value is -2.33. The first-order valence-corrected chi connectivity index (χ1v) is 6.86. The van der Waals surface area contributed by atoms with Crippen LogP contribution in [0.2, 0.25) is 0 Å². The van der Waals surface area contributed by atoms with Crippen molar-refractivity contribution in [3.8, 4) is 11.8 Å². The van der Waals surface area contributed by atoms with Crippen molar-refractivity contribution in [3.63, 3.8) is 0 Å². The zero-order valence-electron chi connectivity index (χ0n) is 11.5.